The highest BCUT2D eigenvalue weighted by molar-refractivity contribution is 5.91. The fourth-order valence-corrected chi connectivity index (χ4v) is 3.16. The topological polar surface area (TPSA) is 35.6 Å². The van der Waals surface area contributed by atoms with Crippen LogP contribution >= 0.6 is 0 Å². The normalized spacial score (nSPS) is 20.0. The largest absolute Gasteiger partial charge is 0.321 e. The molecule has 1 N–H and O–H groups in total. The van der Waals surface area contributed by atoms with Crippen molar-refractivity contribution in [2.75, 3.05) is 31.5 Å². The summed E-state index contributed by atoms with van der Waals surface area (Å²) in [4.78, 5) is 16.7. The standard InChI is InChI=1S/C16H23N3O/c1-12-6-5-7-13(2)15(12)17-16(20)19-10-14(11-19)18-8-3-4-9-18/h5-7,14H,3-4,8-11H2,1-2H3,(H,17,20). The Morgan fingerprint density at radius 1 is 1.15 bits per heavy atom. The first-order chi connectivity index (χ1) is 9.65. The number of rotatable bonds is 2. The van der Waals surface area contributed by atoms with Crippen LogP contribution in [0.3, 0.4) is 0 Å². The van der Waals surface area contributed by atoms with Gasteiger partial charge in [0.25, 0.3) is 0 Å². The lowest BCUT2D eigenvalue weighted by molar-refractivity contribution is 0.0776. The number of anilines is 1. The molecule has 2 aliphatic heterocycles. The number of urea groups is 1. The minimum atomic E-state index is 0.0397. The van der Waals surface area contributed by atoms with E-state index in [4.69, 9.17) is 0 Å². The second-order valence-electron chi connectivity index (χ2n) is 6.00. The molecule has 1 aromatic rings. The lowest BCUT2D eigenvalue weighted by Crippen LogP contribution is -2.61. The average Bonchev–Trinajstić information content (AvgIpc) is 2.86. The number of nitrogens with one attached hydrogen (secondary N) is 1. The van der Waals surface area contributed by atoms with Crippen molar-refractivity contribution in [2.45, 2.75) is 32.7 Å². The lowest BCUT2D eigenvalue weighted by atomic mass is 10.1. The molecule has 0 atom stereocenters. The molecule has 4 heteroatoms. The summed E-state index contributed by atoms with van der Waals surface area (Å²) >= 11 is 0. The van der Waals surface area contributed by atoms with Gasteiger partial charge in [0, 0.05) is 24.8 Å². The summed E-state index contributed by atoms with van der Waals surface area (Å²) in [5, 5.41) is 3.06. The van der Waals surface area contributed by atoms with Gasteiger partial charge in [0.1, 0.15) is 0 Å². The summed E-state index contributed by atoms with van der Waals surface area (Å²) in [7, 11) is 0. The summed E-state index contributed by atoms with van der Waals surface area (Å²) in [6, 6.07) is 6.71. The Morgan fingerprint density at radius 3 is 2.35 bits per heavy atom. The third-order valence-electron chi connectivity index (χ3n) is 4.52. The Bertz CT molecular complexity index is 482. The van der Waals surface area contributed by atoms with Crippen LogP contribution in [0.4, 0.5) is 10.5 Å². The van der Waals surface area contributed by atoms with Crippen molar-refractivity contribution in [2.24, 2.45) is 0 Å². The first-order valence-corrected chi connectivity index (χ1v) is 7.51. The maximum atomic E-state index is 12.3. The molecule has 0 unspecified atom stereocenters. The molecule has 0 aliphatic carbocycles. The van der Waals surface area contributed by atoms with Crippen LogP contribution in [0.1, 0.15) is 24.0 Å². The number of hydrogen-bond acceptors (Lipinski definition) is 2. The van der Waals surface area contributed by atoms with E-state index in [0.29, 0.717) is 6.04 Å². The molecule has 0 aromatic heterocycles. The molecule has 20 heavy (non-hydrogen) atoms. The molecule has 4 nitrogen and oxygen atoms in total. The number of likely N-dealkylation sites (tertiary alicyclic amines) is 2. The van der Waals surface area contributed by atoms with Crippen molar-refractivity contribution >= 4 is 11.7 Å². The number of aryl methyl sites for hydroxylation is 2. The summed E-state index contributed by atoms with van der Waals surface area (Å²) in [5.74, 6) is 0. The monoisotopic (exact) mass is 273 g/mol. The van der Waals surface area contributed by atoms with Gasteiger partial charge in [-0.3, -0.25) is 4.90 Å². The SMILES string of the molecule is Cc1cccc(C)c1NC(=O)N1CC(N2CCCC2)C1. The first kappa shape index (κ1) is 13.4. The molecule has 0 bridgehead atoms. The molecule has 2 fully saturated rings. The highest BCUT2D eigenvalue weighted by atomic mass is 16.2. The van der Waals surface area contributed by atoms with E-state index >= 15 is 0 Å². The van der Waals surface area contributed by atoms with Crippen LogP contribution in [-0.2, 0) is 0 Å². The van der Waals surface area contributed by atoms with Crippen LogP contribution in [0, 0.1) is 13.8 Å². The van der Waals surface area contributed by atoms with Crippen molar-refractivity contribution in [3.63, 3.8) is 0 Å². The Labute approximate surface area is 120 Å². The van der Waals surface area contributed by atoms with Crippen molar-refractivity contribution in [1.82, 2.24) is 9.80 Å². The molecular weight excluding hydrogens is 250 g/mol. The van der Waals surface area contributed by atoms with Crippen LogP contribution in [0.2, 0.25) is 0 Å². The summed E-state index contributed by atoms with van der Waals surface area (Å²) < 4.78 is 0. The second kappa shape index (κ2) is 5.44. The number of benzene rings is 1. The number of hydrogen-bond donors (Lipinski definition) is 1. The quantitative estimate of drug-likeness (QED) is 0.899. The number of nitrogens with zero attached hydrogens (tertiary/aromatic N) is 2. The molecule has 108 valence electrons. The van der Waals surface area contributed by atoms with Crippen molar-refractivity contribution < 1.29 is 4.79 Å². The van der Waals surface area contributed by atoms with Crippen LogP contribution < -0.4 is 5.32 Å². The summed E-state index contributed by atoms with van der Waals surface area (Å²) in [6.45, 7) is 8.22. The van der Waals surface area contributed by atoms with Crippen molar-refractivity contribution in [1.29, 1.82) is 0 Å². The van der Waals surface area contributed by atoms with E-state index in [0.717, 1.165) is 29.9 Å². The molecule has 2 amide bonds. The number of carbonyl (C=O) groups excluding carboxylic acids is 1. The van der Waals surface area contributed by atoms with Gasteiger partial charge < -0.3 is 10.2 Å². The highest BCUT2D eigenvalue weighted by Crippen LogP contribution is 2.23. The minimum absolute atomic E-state index is 0.0397. The predicted octanol–water partition coefficient (Wildman–Crippen LogP) is 2.62. The van der Waals surface area contributed by atoms with Crippen molar-refractivity contribution in [3.05, 3.63) is 29.3 Å². The van der Waals surface area contributed by atoms with E-state index < -0.39 is 0 Å². The Morgan fingerprint density at radius 2 is 1.75 bits per heavy atom. The van der Waals surface area contributed by atoms with Gasteiger partial charge >= 0.3 is 6.03 Å². The van der Waals surface area contributed by atoms with E-state index in [1.54, 1.807) is 0 Å². The first-order valence-electron chi connectivity index (χ1n) is 7.51. The maximum Gasteiger partial charge on any atom is 0.321 e. The highest BCUT2D eigenvalue weighted by Gasteiger charge is 2.35. The van der Waals surface area contributed by atoms with Gasteiger partial charge in [0.05, 0.1) is 0 Å². The number of para-hydroxylation sites is 1. The van der Waals surface area contributed by atoms with Crippen molar-refractivity contribution in [3.8, 4) is 0 Å². The van der Waals surface area contributed by atoms with Gasteiger partial charge in [0.15, 0.2) is 0 Å². The fourth-order valence-electron chi connectivity index (χ4n) is 3.16. The third-order valence-corrected chi connectivity index (χ3v) is 4.52. The van der Waals surface area contributed by atoms with E-state index in [-0.39, 0.29) is 6.03 Å². The number of amides is 2. The van der Waals surface area contributed by atoms with Gasteiger partial charge in [-0.1, -0.05) is 18.2 Å². The van der Waals surface area contributed by atoms with Gasteiger partial charge in [-0.2, -0.15) is 0 Å². The molecule has 1 aromatic carbocycles. The molecule has 2 heterocycles. The second-order valence-corrected chi connectivity index (χ2v) is 6.00. The summed E-state index contributed by atoms with van der Waals surface area (Å²) in [6.07, 6.45) is 2.62. The molecule has 2 aliphatic rings. The molecule has 0 spiro atoms. The Hall–Kier alpha value is -1.55. The van der Waals surface area contributed by atoms with Gasteiger partial charge in [-0.05, 0) is 50.9 Å². The minimum Gasteiger partial charge on any atom is -0.321 e. The van der Waals surface area contributed by atoms with Crippen LogP contribution in [0.15, 0.2) is 18.2 Å². The van der Waals surface area contributed by atoms with Gasteiger partial charge in [-0.25, -0.2) is 4.79 Å². The van der Waals surface area contributed by atoms with Crippen LogP contribution in [0.5, 0.6) is 0 Å². The van der Waals surface area contributed by atoms with E-state index in [9.17, 15) is 4.79 Å². The average molecular weight is 273 g/mol. The zero-order valence-corrected chi connectivity index (χ0v) is 12.4. The Kier molecular flexibility index (Phi) is 3.66. The van der Waals surface area contributed by atoms with E-state index in [2.05, 4.69) is 10.2 Å². The smallest absolute Gasteiger partial charge is 0.321 e. The zero-order valence-electron chi connectivity index (χ0n) is 12.4. The van der Waals surface area contributed by atoms with E-state index in [1.807, 2.05) is 36.9 Å². The molecule has 3 rings (SSSR count). The third kappa shape index (κ3) is 2.52. The van der Waals surface area contributed by atoms with E-state index in [1.165, 1.54) is 25.9 Å². The molecule has 2 saturated heterocycles. The Balaban J connectivity index is 1.56. The predicted molar refractivity (Wildman–Crippen MR) is 81.1 cm³/mol. The van der Waals surface area contributed by atoms with Gasteiger partial charge in [-0.15, -0.1) is 0 Å². The van der Waals surface area contributed by atoms with Crippen LogP contribution in [-0.4, -0.2) is 48.1 Å². The number of carbonyl (C=O) groups is 1. The maximum absolute atomic E-state index is 12.3. The molecule has 0 radical (unpaired) electrons. The lowest BCUT2D eigenvalue weighted by Gasteiger charge is -2.43. The van der Waals surface area contributed by atoms with Gasteiger partial charge in [0.2, 0.25) is 0 Å². The molecule has 0 saturated carbocycles. The molecular formula is C16H23N3O. The zero-order chi connectivity index (χ0) is 14.1. The van der Waals surface area contributed by atoms with Crippen LogP contribution in [0.25, 0.3) is 0 Å². The fraction of sp³-hybridized carbons (Fsp3) is 0.562. The summed E-state index contributed by atoms with van der Waals surface area (Å²) in [5.41, 5.74) is 3.20.